The van der Waals surface area contributed by atoms with Gasteiger partial charge in [0.2, 0.25) is 10.0 Å². The summed E-state index contributed by atoms with van der Waals surface area (Å²) in [5.74, 6) is 0.676. The summed E-state index contributed by atoms with van der Waals surface area (Å²) in [6.07, 6.45) is 7.32. The summed E-state index contributed by atoms with van der Waals surface area (Å²) in [4.78, 5) is 0. The van der Waals surface area contributed by atoms with Crippen LogP contribution in [-0.4, -0.2) is 20.7 Å². The Balaban J connectivity index is 2.16. The summed E-state index contributed by atoms with van der Waals surface area (Å²) < 4.78 is 25.4. The van der Waals surface area contributed by atoms with Crippen molar-refractivity contribution >= 4 is 21.4 Å². The molecule has 2 rings (SSSR count). The molecule has 0 bridgehead atoms. The summed E-state index contributed by atoms with van der Waals surface area (Å²) in [5.41, 5.74) is 1.51. The van der Waals surface area contributed by atoms with Gasteiger partial charge in [-0.1, -0.05) is 38.3 Å². The average molecular weight is 296 g/mol. The van der Waals surface area contributed by atoms with E-state index in [9.17, 15) is 8.42 Å². The molecule has 2 unspecified atom stereocenters. The highest BCUT2D eigenvalue weighted by Crippen LogP contribution is 2.31. The highest BCUT2D eigenvalue weighted by atomic mass is 32.2. The van der Waals surface area contributed by atoms with Crippen molar-refractivity contribution in [2.24, 2.45) is 5.92 Å². The third kappa shape index (κ3) is 4.13. The van der Waals surface area contributed by atoms with E-state index in [1.807, 2.05) is 18.2 Å². The van der Waals surface area contributed by atoms with Crippen LogP contribution in [0.2, 0.25) is 0 Å². The number of para-hydroxylation sites is 2. The third-order valence-corrected chi connectivity index (χ3v) is 4.59. The maximum atomic E-state index is 11.4. The van der Waals surface area contributed by atoms with Gasteiger partial charge < -0.3 is 5.32 Å². The van der Waals surface area contributed by atoms with Crippen LogP contribution in [0.1, 0.15) is 39.0 Å². The van der Waals surface area contributed by atoms with Crippen LogP contribution in [0.15, 0.2) is 24.3 Å². The summed E-state index contributed by atoms with van der Waals surface area (Å²) in [7, 11) is -3.25. The second-order valence-corrected chi connectivity index (χ2v) is 7.37. The van der Waals surface area contributed by atoms with Crippen LogP contribution in [0.5, 0.6) is 0 Å². The predicted molar refractivity (Wildman–Crippen MR) is 84.6 cm³/mol. The summed E-state index contributed by atoms with van der Waals surface area (Å²) in [5, 5.41) is 3.55. The van der Waals surface area contributed by atoms with E-state index in [0.717, 1.165) is 12.1 Å². The number of anilines is 2. The summed E-state index contributed by atoms with van der Waals surface area (Å²) >= 11 is 0. The minimum atomic E-state index is -3.25. The van der Waals surface area contributed by atoms with E-state index in [1.165, 1.54) is 31.9 Å². The van der Waals surface area contributed by atoms with Crippen LogP contribution >= 0.6 is 0 Å². The highest BCUT2D eigenvalue weighted by Gasteiger charge is 2.24. The van der Waals surface area contributed by atoms with Gasteiger partial charge in [-0.3, -0.25) is 4.72 Å². The Morgan fingerprint density at radius 3 is 2.45 bits per heavy atom. The molecule has 1 aliphatic rings. The zero-order valence-corrected chi connectivity index (χ0v) is 13.0. The Kier molecular flexibility index (Phi) is 4.91. The number of sulfonamides is 1. The van der Waals surface area contributed by atoms with E-state index < -0.39 is 10.0 Å². The SMILES string of the molecule is CCC1CCCCC1Nc1ccccc1NS(C)(=O)=O. The van der Waals surface area contributed by atoms with Crippen molar-refractivity contribution in [1.82, 2.24) is 0 Å². The van der Waals surface area contributed by atoms with E-state index >= 15 is 0 Å². The summed E-state index contributed by atoms with van der Waals surface area (Å²) in [6, 6.07) is 7.95. The van der Waals surface area contributed by atoms with E-state index in [-0.39, 0.29) is 0 Å². The van der Waals surface area contributed by atoms with E-state index in [0.29, 0.717) is 17.6 Å². The van der Waals surface area contributed by atoms with Crippen molar-refractivity contribution in [1.29, 1.82) is 0 Å². The third-order valence-electron chi connectivity index (χ3n) is 4.00. The molecular weight excluding hydrogens is 272 g/mol. The van der Waals surface area contributed by atoms with Crippen molar-refractivity contribution in [3.63, 3.8) is 0 Å². The first-order valence-corrected chi connectivity index (χ1v) is 9.22. The lowest BCUT2D eigenvalue weighted by molar-refractivity contribution is 0.317. The lowest BCUT2D eigenvalue weighted by Crippen LogP contribution is -2.32. The molecule has 20 heavy (non-hydrogen) atoms. The monoisotopic (exact) mass is 296 g/mol. The second-order valence-electron chi connectivity index (χ2n) is 5.62. The highest BCUT2D eigenvalue weighted by molar-refractivity contribution is 7.92. The minimum Gasteiger partial charge on any atom is -0.380 e. The maximum absolute atomic E-state index is 11.4. The van der Waals surface area contributed by atoms with Crippen molar-refractivity contribution in [2.45, 2.75) is 45.1 Å². The van der Waals surface area contributed by atoms with Crippen LogP contribution in [0, 0.1) is 5.92 Å². The molecular formula is C15H24N2O2S. The van der Waals surface area contributed by atoms with Crippen molar-refractivity contribution in [2.75, 3.05) is 16.3 Å². The van der Waals surface area contributed by atoms with Gasteiger partial charge in [-0.2, -0.15) is 0 Å². The molecule has 5 heteroatoms. The normalized spacial score (nSPS) is 23.3. The van der Waals surface area contributed by atoms with E-state index in [4.69, 9.17) is 0 Å². The Bertz CT molecular complexity index is 543. The van der Waals surface area contributed by atoms with Crippen molar-refractivity contribution in [3.05, 3.63) is 24.3 Å². The first-order valence-electron chi connectivity index (χ1n) is 7.33. The lowest BCUT2D eigenvalue weighted by Gasteiger charge is -2.32. The first kappa shape index (κ1) is 15.2. The van der Waals surface area contributed by atoms with Crippen LogP contribution in [0.25, 0.3) is 0 Å². The Morgan fingerprint density at radius 2 is 1.80 bits per heavy atom. The first-order chi connectivity index (χ1) is 9.49. The largest absolute Gasteiger partial charge is 0.380 e. The van der Waals surface area contributed by atoms with Gasteiger partial charge in [0, 0.05) is 6.04 Å². The number of rotatable bonds is 5. The molecule has 1 saturated carbocycles. The number of benzene rings is 1. The zero-order valence-electron chi connectivity index (χ0n) is 12.2. The van der Waals surface area contributed by atoms with Crippen molar-refractivity contribution < 1.29 is 8.42 Å². The molecule has 1 aliphatic carbocycles. The van der Waals surface area contributed by atoms with Crippen LogP contribution in [0.4, 0.5) is 11.4 Å². The van der Waals surface area contributed by atoms with Crippen molar-refractivity contribution in [3.8, 4) is 0 Å². The maximum Gasteiger partial charge on any atom is 0.229 e. The van der Waals surface area contributed by atoms with Gasteiger partial charge in [0.25, 0.3) is 0 Å². The Hall–Kier alpha value is -1.23. The molecule has 1 aromatic carbocycles. The molecule has 2 atom stereocenters. The fourth-order valence-corrected chi connectivity index (χ4v) is 3.56. The van der Waals surface area contributed by atoms with Gasteiger partial charge in [-0.25, -0.2) is 8.42 Å². The molecule has 1 aromatic rings. The van der Waals surface area contributed by atoms with Crippen LogP contribution in [0.3, 0.4) is 0 Å². The quantitative estimate of drug-likeness (QED) is 0.875. The Labute approximate surface area is 122 Å². The molecule has 0 spiro atoms. The molecule has 0 aromatic heterocycles. The number of hydrogen-bond donors (Lipinski definition) is 2. The second kappa shape index (κ2) is 6.48. The molecule has 112 valence electrons. The van der Waals surface area contributed by atoms with Gasteiger partial charge in [0.05, 0.1) is 17.6 Å². The topological polar surface area (TPSA) is 58.2 Å². The fourth-order valence-electron chi connectivity index (χ4n) is 2.98. The molecule has 4 nitrogen and oxygen atoms in total. The smallest absolute Gasteiger partial charge is 0.229 e. The average Bonchev–Trinajstić information content (AvgIpc) is 2.40. The standard InChI is InChI=1S/C15H24N2O2S/c1-3-12-8-4-5-9-13(12)16-14-10-6-7-11-15(14)17-20(2,18)19/h6-7,10-13,16-17H,3-5,8-9H2,1-2H3. The molecule has 1 fully saturated rings. The minimum absolute atomic E-state index is 0.441. The zero-order chi connectivity index (χ0) is 14.6. The molecule has 0 radical (unpaired) electrons. The van der Waals surface area contributed by atoms with Gasteiger partial charge in [0.1, 0.15) is 0 Å². The molecule has 0 saturated heterocycles. The molecule has 0 heterocycles. The Morgan fingerprint density at radius 1 is 1.15 bits per heavy atom. The van der Waals surface area contributed by atoms with Gasteiger partial charge >= 0.3 is 0 Å². The van der Waals surface area contributed by atoms with Gasteiger partial charge in [0.15, 0.2) is 0 Å². The fraction of sp³-hybridized carbons (Fsp3) is 0.600. The van der Waals surface area contributed by atoms with E-state index in [2.05, 4.69) is 17.0 Å². The van der Waals surface area contributed by atoms with Gasteiger partial charge in [-0.15, -0.1) is 0 Å². The summed E-state index contributed by atoms with van der Waals surface area (Å²) in [6.45, 7) is 2.23. The van der Waals surface area contributed by atoms with E-state index in [1.54, 1.807) is 6.07 Å². The number of hydrogen-bond acceptors (Lipinski definition) is 3. The number of nitrogens with one attached hydrogen (secondary N) is 2. The predicted octanol–water partition coefficient (Wildman–Crippen LogP) is 3.44. The van der Waals surface area contributed by atoms with Crippen LogP contribution < -0.4 is 10.0 Å². The lowest BCUT2D eigenvalue weighted by atomic mass is 9.83. The van der Waals surface area contributed by atoms with Crippen LogP contribution in [-0.2, 0) is 10.0 Å². The molecule has 0 amide bonds. The molecule has 2 N–H and O–H groups in total. The molecule has 0 aliphatic heterocycles. The van der Waals surface area contributed by atoms with Gasteiger partial charge in [-0.05, 0) is 30.9 Å².